The zero-order valence-electron chi connectivity index (χ0n) is 18.7. The SMILES string of the molecule is CCOC(=O)c1cn2c3c(cc(SCCNC(=O)OC(C)(C)C)cc3c1=O)CC[C@H]2C. The first-order valence-corrected chi connectivity index (χ1v) is 11.6. The van der Waals surface area contributed by atoms with E-state index >= 15 is 0 Å². The molecule has 0 spiro atoms. The Morgan fingerprint density at radius 1 is 1.29 bits per heavy atom. The molecule has 31 heavy (non-hydrogen) atoms. The van der Waals surface area contributed by atoms with Crippen LogP contribution in [-0.2, 0) is 15.9 Å². The first kappa shape index (κ1) is 23.2. The molecule has 168 valence electrons. The standard InChI is InChI=1S/C23H30N2O5S/c1-6-29-21(27)18-13-25-14(2)7-8-15-11-16(12-17(19(15)25)20(18)26)31-10-9-24-22(28)30-23(3,4)5/h11-14H,6-10H2,1-5H3,(H,24,28)/t14-/m1/s1. The van der Waals surface area contributed by atoms with Crippen molar-refractivity contribution in [2.45, 2.75) is 64.0 Å². The molecule has 2 heterocycles. The fraction of sp³-hybridized carbons (Fsp3) is 0.522. The Kier molecular flexibility index (Phi) is 6.99. The lowest BCUT2D eigenvalue weighted by molar-refractivity contribution is 0.0516. The molecule has 1 N–H and O–H groups in total. The van der Waals surface area contributed by atoms with Gasteiger partial charge in [-0.2, -0.15) is 0 Å². The second kappa shape index (κ2) is 9.34. The highest BCUT2D eigenvalue weighted by atomic mass is 32.2. The first-order chi connectivity index (χ1) is 14.6. The van der Waals surface area contributed by atoms with Crippen molar-refractivity contribution in [3.63, 3.8) is 0 Å². The van der Waals surface area contributed by atoms with Gasteiger partial charge in [0.25, 0.3) is 0 Å². The Balaban J connectivity index is 1.85. The number of rotatable bonds is 6. The number of benzene rings is 1. The molecule has 0 bridgehead atoms. The number of esters is 1. The smallest absolute Gasteiger partial charge is 0.407 e. The summed E-state index contributed by atoms with van der Waals surface area (Å²) in [5.74, 6) is 0.0453. The van der Waals surface area contributed by atoms with E-state index in [-0.39, 0.29) is 23.6 Å². The second-order valence-electron chi connectivity index (χ2n) is 8.64. The van der Waals surface area contributed by atoms with Crippen LogP contribution < -0.4 is 10.7 Å². The number of carbonyl (C=O) groups excluding carboxylic acids is 2. The predicted molar refractivity (Wildman–Crippen MR) is 122 cm³/mol. The third-order valence-electron chi connectivity index (χ3n) is 5.02. The van der Waals surface area contributed by atoms with Crippen molar-refractivity contribution in [2.24, 2.45) is 0 Å². The highest BCUT2D eigenvalue weighted by molar-refractivity contribution is 7.99. The zero-order chi connectivity index (χ0) is 22.8. The van der Waals surface area contributed by atoms with E-state index in [0.717, 1.165) is 28.8 Å². The first-order valence-electron chi connectivity index (χ1n) is 10.6. The minimum atomic E-state index is -0.586. The largest absolute Gasteiger partial charge is 0.462 e. The summed E-state index contributed by atoms with van der Waals surface area (Å²) in [6, 6.07) is 4.14. The number of pyridine rings is 1. The number of nitrogens with zero attached hydrogens (tertiary/aromatic N) is 1. The number of alkyl carbamates (subject to hydrolysis) is 1. The van der Waals surface area contributed by atoms with Crippen molar-refractivity contribution in [3.05, 3.63) is 39.7 Å². The molecule has 2 aromatic rings. The van der Waals surface area contributed by atoms with E-state index in [9.17, 15) is 14.4 Å². The number of nitrogens with one attached hydrogen (secondary N) is 1. The molecule has 7 nitrogen and oxygen atoms in total. The molecule has 0 saturated heterocycles. The quantitative estimate of drug-likeness (QED) is 0.404. The molecule has 1 aromatic carbocycles. The molecule has 1 aromatic heterocycles. The van der Waals surface area contributed by atoms with Gasteiger partial charge in [-0.1, -0.05) is 0 Å². The van der Waals surface area contributed by atoms with E-state index in [0.29, 0.717) is 17.7 Å². The van der Waals surface area contributed by atoms with Crippen molar-refractivity contribution in [2.75, 3.05) is 18.9 Å². The molecule has 0 saturated carbocycles. The molecule has 1 aliphatic heterocycles. The molecule has 3 rings (SSSR count). The van der Waals surface area contributed by atoms with Crippen LogP contribution in [0.2, 0.25) is 0 Å². The summed E-state index contributed by atoms with van der Waals surface area (Å²) in [7, 11) is 0. The monoisotopic (exact) mass is 446 g/mol. The average molecular weight is 447 g/mol. The molecule has 0 unspecified atom stereocenters. The van der Waals surface area contributed by atoms with Gasteiger partial charge in [-0.05, 0) is 65.2 Å². The van der Waals surface area contributed by atoms with Crippen molar-refractivity contribution in [3.8, 4) is 0 Å². The third kappa shape index (κ3) is 5.42. The van der Waals surface area contributed by atoms with Gasteiger partial charge in [-0.25, -0.2) is 9.59 Å². The van der Waals surface area contributed by atoms with Gasteiger partial charge < -0.3 is 19.4 Å². The van der Waals surface area contributed by atoms with Gasteiger partial charge in [0.05, 0.1) is 12.1 Å². The van der Waals surface area contributed by atoms with Crippen LogP contribution in [0, 0.1) is 0 Å². The number of hydrogen-bond donors (Lipinski definition) is 1. The second-order valence-corrected chi connectivity index (χ2v) is 9.81. The summed E-state index contributed by atoms with van der Waals surface area (Å²) in [4.78, 5) is 38.2. The van der Waals surface area contributed by atoms with Crippen LogP contribution in [0.15, 0.2) is 28.0 Å². The van der Waals surface area contributed by atoms with Crippen LogP contribution in [0.5, 0.6) is 0 Å². The lowest BCUT2D eigenvalue weighted by Crippen LogP contribution is -2.33. The van der Waals surface area contributed by atoms with Gasteiger partial charge in [0.1, 0.15) is 11.2 Å². The Bertz CT molecular complexity index is 1050. The van der Waals surface area contributed by atoms with Crippen molar-refractivity contribution in [1.29, 1.82) is 0 Å². The van der Waals surface area contributed by atoms with Crippen molar-refractivity contribution >= 4 is 34.7 Å². The minimum absolute atomic E-state index is 0.0720. The molecule has 0 aliphatic carbocycles. The van der Waals surface area contributed by atoms with Crippen LogP contribution in [0.25, 0.3) is 10.9 Å². The summed E-state index contributed by atoms with van der Waals surface area (Å²) in [5, 5.41) is 3.28. The predicted octanol–water partition coefficient (Wildman–Crippen LogP) is 4.30. The van der Waals surface area contributed by atoms with Crippen molar-refractivity contribution in [1.82, 2.24) is 9.88 Å². The Morgan fingerprint density at radius 3 is 2.71 bits per heavy atom. The fourth-order valence-electron chi connectivity index (χ4n) is 3.67. The summed E-state index contributed by atoms with van der Waals surface area (Å²) >= 11 is 1.55. The van der Waals surface area contributed by atoms with Crippen LogP contribution in [0.4, 0.5) is 4.79 Å². The van der Waals surface area contributed by atoms with E-state index in [1.54, 1.807) is 24.9 Å². The Morgan fingerprint density at radius 2 is 2.03 bits per heavy atom. The fourth-order valence-corrected chi connectivity index (χ4v) is 4.53. The molecule has 0 radical (unpaired) electrons. The van der Waals surface area contributed by atoms with Crippen molar-refractivity contribution < 1.29 is 19.1 Å². The molecule has 0 fully saturated rings. The summed E-state index contributed by atoms with van der Waals surface area (Å²) < 4.78 is 12.4. The molecule has 1 amide bonds. The molecule has 1 atom stereocenters. The summed E-state index contributed by atoms with van der Waals surface area (Å²) in [6.07, 6.45) is 3.01. The molecular formula is C23H30N2O5S. The lowest BCUT2D eigenvalue weighted by atomic mass is 9.96. The van der Waals surface area contributed by atoms with Gasteiger partial charge in [-0.3, -0.25) is 4.79 Å². The minimum Gasteiger partial charge on any atom is -0.462 e. The van der Waals surface area contributed by atoms with Gasteiger partial charge in [0.2, 0.25) is 5.43 Å². The molecule has 1 aliphatic rings. The number of aryl methyl sites for hydroxylation is 1. The molecular weight excluding hydrogens is 416 g/mol. The van der Waals surface area contributed by atoms with E-state index in [1.165, 1.54) is 0 Å². The van der Waals surface area contributed by atoms with E-state index < -0.39 is 17.7 Å². The maximum atomic E-state index is 13.1. The van der Waals surface area contributed by atoms with Crippen LogP contribution >= 0.6 is 11.8 Å². The third-order valence-corrected chi connectivity index (χ3v) is 6.00. The van der Waals surface area contributed by atoms with Gasteiger partial charge in [0, 0.05) is 34.8 Å². The summed E-state index contributed by atoms with van der Waals surface area (Å²) in [6.45, 7) is 9.93. The van der Waals surface area contributed by atoms with Crippen LogP contribution in [-0.4, -0.2) is 41.1 Å². The number of carbonyl (C=O) groups is 2. The zero-order valence-corrected chi connectivity index (χ0v) is 19.6. The number of ether oxygens (including phenoxy) is 2. The highest BCUT2D eigenvalue weighted by Crippen LogP contribution is 2.33. The maximum Gasteiger partial charge on any atom is 0.407 e. The van der Waals surface area contributed by atoms with E-state index in [1.807, 2.05) is 31.4 Å². The lowest BCUT2D eigenvalue weighted by Gasteiger charge is -2.27. The normalized spacial score (nSPS) is 15.6. The number of thioether (sulfide) groups is 1. The van der Waals surface area contributed by atoms with Crippen LogP contribution in [0.1, 0.15) is 63.0 Å². The maximum absolute atomic E-state index is 13.1. The average Bonchev–Trinajstić information content (AvgIpc) is 2.68. The number of amides is 1. The Hall–Kier alpha value is -2.48. The number of aromatic nitrogens is 1. The molecule has 8 heteroatoms. The summed E-state index contributed by atoms with van der Waals surface area (Å²) in [5.41, 5.74) is 1.24. The number of hydrogen-bond acceptors (Lipinski definition) is 6. The van der Waals surface area contributed by atoms with Gasteiger partial charge >= 0.3 is 12.1 Å². The van der Waals surface area contributed by atoms with Crippen LogP contribution in [0.3, 0.4) is 0 Å². The van der Waals surface area contributed by atoms with E-state index in [2.05, 4.69) is 18.3 Å². The topological polar surface area (TPSA) is 86.6 Å². The van der Waals surface area contributed by atoms with Gasteiger partial charge in [0.15, 0.2) is 0 Å². The van der Waals surface area contributed by atoms with Gasteiger partial charge in [-0.15, -0.1) is 11.8 Å². The highest BCUT2D eigenvalue weighted by Gasteiger charge is 2.24. The van der Waals surface area contributed by atoms with E-state index in [4.69, 9.17) is 9.47 Å². The Labute approximate surface area is 186 Å².